The van der Waals surface area contributed by atoms with Crippen LogP contribution in [0.25, 0.3) is 0 Å². The van der Waals surface area contributed by atoms with Crippen molar-refractivity contribution < 1.29 is 4.74 Å². The van der Waals surface area contributed by atoms with Gasteiger partial charge in [-0.25, -0.2) is 0 Å². The van der Waals surface area contributed by atoms with Gasteiger partial charge < -0.3 is 10.5 Å². The average molecular weight is 247 g/mol. The Morgan fingerprint density at radius 2 is 2.11 bits per heavy atom. The van der Waals surface area contributed by atoms with Gasteiger partial charge >= 0.3 is 0 Å². The molecule has 2 rings (SSSR count). The fourth-order valence-electron chi connectivity index (χ4n) is 2.64. The molecule has 0 fully saturated rings. The van der Waals surface area contributed by atoms with E-state index in [2.05, 4.69) is 32.0 Å². The third-order valence-electron chi connectivity index (χ3n) is 4.12. The third kappa shape index (κ3) is 3.05. The average Bonchev–Trinajstić information content (AvgIpc) is 2.41. The van der Waals surface area contributed by atoms with E-state index in [4.69, 9.17) is 10.5 Å². The summed E-state index contributed by atoms with van der Waals surface area (Å²) in [5.41, 5.74) is 8.87. The second kappa shape index (κ2) is 6.24. The van der Waals surface area contributed by atoms with Crippen molar-refractivity contribution in [1.82, 2.24) is 0 Å². The monoisotopic (exact) mass is 247 g/mol. The van der Waals surface area contributed by atoms with Crippen LogP contribution >= 0.6 is 0 Å². The van der Waals surface area contributed by atoms with Crippen LogP contribution in [-0.4, -0.2) is 6.61 Å². The van der Waals surface area contributed by atoms with E-state index in [9.17, 15) is 0 Å². The Morgan fingerprint density at radius 1 is 1.33 bits per heavy atom. The molecule has 0 amide bonds. The number of fused-ring (bicyclic) bond motifs is 1. The summed E-state index contributed by atoms with van der Waals surface area (Å²) in [5, 5.41) is 0. The van der Waals surface area contributed by atoms with Crippen molar-refractivity contribution in [2.24, 2.45) is 11.7 Å². The largest absolute Gasteiger partial charge is 0.493 e. The maximum Gasteiger partial charge on any atom is 0.119 e. The van der Waals surface area contributed by atoms with Gasteiger partial charge in [-0.05, 0) is 48.4 Å². The number of rotatable bonds is 5. The second-order valence-electron chi connectivity index (χ2n) is 5.35. The zero-order valence-corrected chi connectivity index (χ0v) is 11.6. The molecule has 0 saturated heterocycles. The van der Waals surface area contributed by atoms with Crippen LogP contribution in [0.15, 0.2) is 18.2 Å². The Hall–Kier alpha value is -1.02. The van der Waals surface area contributed by atoms with E-state index < -0.39 is 0 Å². The van der Waals surface area contributed by atoms with E-state index >= 15 is 0 Å². The van der Waals surface area contributed by atoms with Crippen molar-refractivity contribution in [3.05, 3.63) is 29.3 Å². The van der Waals surface area contributed by atoms with E-state index in [-0.39, 0.29) is 6.04 Å². The van der Waals surface area contributed by atoms with E-state index in [1.54, 1.807) is 0 Å². The van der Waals surface area contributed by atoms with Crippen molar-refractivity contribution in [2.75, 3.05) is 6.61 Å². The zero-order valence-electron chi connectivity index (χ0n) is 11.6. The molecular weight excluding hydrogens is 222 g/mol. The van der Waals surface area contributed by atoms with Crippen molar-refractivity contribution in [2.45, 2.75) is 52.0 Å². The molecule has 1 atom stereocenters. The fraction of sp³-hybridized carbons (Fsp3) is 0.625. The van der Waals surface area contributed by atoms with Gasteiger partial charge in [0, 0.05) is 6.04 Å². The quantitative estimate of drug-likeness (QED) is 0.858. The molecule has 2 heteroatoms. The number of ether oxygens (including phenoxy) is 1. The van der Waals surface area contributed by atoms with Gasteiger partial charge in [-0.2, -0.15) is 0 Å². The lowest BCUT2D eigenvalue weighted by Crippen LogP contribution is -2.17. The van der Waals surface area contributed by atoms with Crippen LogP contribution in [0.2, 0.25) is 0 Å². The molecule has 0 aliphatic heterocycles. The van der Waals surface area contributed by atoms with Crippen LogP contribution in [-0.2, 0) is 6.42 Å². The molecule has 18 heavy (non-hydrogen) atoms. The summed E-state index contributed by atoms with van der Waals surface area (Å²) in [4.78, 5) is 0. The molecule has 0 radical (unpaired) electrons. The predicted octanol–water partition coefficient (Wildman–Crippen LogP) is 3.84. The van der Waals surface area contributed by atoms with Crippen molar-refractivity contribution in [1.29, 1.82) is 0 Å². The first-order chi connectivity index (χ1) is 8.74. The molecule has 0 saturated carbocycles. The maximum atomic E-state index is 6.17. The lowest BCUT2D eigenvalue weighted by atomic mass is 9.88. The first kappa shape index (κ1) is 13.4. The maximum absolute atomic E-state index is 6.17. The Labute approximate surface area is 111 Å². The smallest absolute Gasteiger partial charge is 0.119 e. The number of aryl methyl sites for hydroxylation is 1. The Bertz CT molecular complexity index is 385. The summed E-state index contributed by atoms with van der Waals surface area (Å²) < 4.78 is 5.91. The highest BCUT2D eigenvalue weighted by molar-refractivity contribution is 5.39. The topological polar surface area (TPSA) is 35.2 Å². The summed E-state index contributed by atoms with van der Waals surface area (Å²) >= 11 is 0. The number of benzene rings is 1. The van der Waals surface area contributed by atoms with Gasteiger partial charge in [0.25, 0.3) is 0 Å². The van der Waals surface area contributed by atoms with Crippen molar-refractivity contribution in [3.63, 3.8) is 0 Å². The lowest BCUT2D eigenvalue weighted by molar-refractivity contribution is 0.240. The van der Waals surface area contributed by atoms with Gasteiger partial charge in [0.15, 0.2) is 0 Å². The molecule has 2 N–H and O–H groups in total. The van der Waals surface area contributed by atoms with Crippen molar-refractivity contribution in [3.8, 4) is 5.75 Å². The normalized spacial score (nSPS) is 18.8. The van der Waals surface area contributed by atoms with Crippen LogP contribution in [0.5, 0.6) is 5.75 Å². The van der Waals surface area contributed by atoms with Crippen LogP contribution < -0.4 is 10.5 Å². The number of nitrogens with two attached hydrogens (primary N) is 1. The molecule has 100 valence electrons. The molecular formula is C16H25NO. The lowest BCUT2D eigenvalue weighted by Gasteiger charge is -2.23. The van der Waals surface area contributed by atoms with Gasteiger partial charge in [-0.3, -0.25) is 0 Å². The number of hydrogen-bond donors (Lipinski definition) is 1. The first-order valence-electron chi connectivity index (χ1n) is 7.25. The van der Waals surface area contributed by atoms with Crippen molar-refractivity contribution >= 4 is 0 Å². The molecule has 0 bridgehead atoms. The van der Waals surface area contributed by atoms with Gasteiger partial charge in [-0.1, -0.05) is 32.8 Å². The molecule has 2 nitrogen and oxygen atoms in total. The number of hydrogen-bond acceptors (Lipinski definition) is 2. The standard InChI is InChI=1S/C16H25NO/c1-3-12(4-2)11-18-14-9-8-13-6-5-7-16(17)15(13)10-14/h8-10,12,16H,3-7,11,17H2,1-2H3/t16-/m0/s1. The molecule has 1 aromatic rings. The molecule has 1 aliphatic carbocycles. The minimum absolute atomic E-state index is 0.199. The molecule has 1 aromatic carbocycles. The van der Waals surface area contributed by atoms with E-state index in [1.165, 1.54) is 30.4 Å². The van der Waals surface area contributed by atoms with Gasteiger partial charge in [-0.15, -0.1) is 0 Å². The Balaban J connectivity index is 2.04. The summed E-state index contributed by atoms with van der Waals surface area (Å²) in [6.07, 6.45) is 5.84. The highest BCUT2D eigenvalue weighted by Crippen LogP contribution is 2.31. The summed E-state index contributed by atoms with van der Waals surface area (Å²) in [5.74, 6) is 1.65. The summed E-state index contributed by atoms with van der Waals surface area (Å²) in [6.45, 7) is 5.27. The van der Waals surface area contributed by atoms with Crippen LogP contribution in [0.1, 0.15) is 56.7 Å². The molecule has 0 heterocycles. The van der Waals surface area contributed by atoms with Crippen LogP contribution in [0, 0.1) is 5.92 Å². The molecule has 1 aliphatic rings. The molecule has 0 aromatic heterocycles. The highest BCUT2D eigenvalue weighted by atomic mass is 16.5. The predicted molar refractivity (Wildman–Crippen MR) is 75.9 cm³/mol. The fourth-order valence-corrected chi connectivity index (χ4v) is 2.64. The van der Waals surface area contributed by atoms with Crippen LogP contribution in [0.4, 0.5) is 0 Å². The van der Waals surface area contributed by atoms with E-state index in [0.717, 1.165) is 25.2 Å². The minimum atomic E-state index is 0.199. The summed E-state index contributed by atoms with van der Waals surface area (Å²) in [6, 6.07) is 6.64. The van der Waals surface area contributed by atoms with Gasteiger partial charge in [0.05, 0.1) is 6.61 Å². The van der Waals surface area contributed by atoms with Gasteiger partial charge in [0.2, 0.25) is 0 Å². The Kier molecular flexibility index (Phi) is 4.65. The van der Waals surface area contributed by atoms with Crippen LogP contribution in [0.3, 0.4) is 0 Å². The highest BCUT2D eigenvalue weighted by Gasteiger charge is 2.17. The third-order valence-corrected chi connectivity index (χ3v) is 4.12. The van der Waals surface area contributed by atoms with E-state index in [0.29, 0.717) is 5.92 Å². The molecule has 0 spiro atoms. The SMILES string of the molecule is CCC(CC)COc1ccc2c(c1)[C@@H](N)CCC2. The Morgan fingerprint density at radius 3 is 2.83 bits per heavy atom. The molecule has 0 unspecified atom stereocenters. The zero-order chi connectivity index (χ0) is 13.0. The van der Waals surface area contributed by atoms with E-state index in [1.807, 2.05) is 0 Å². The summed E-state index contributed by atoms with van der Waals surface area (Å²) in [7, 11) is 0. The van der Waals surface area contributed by atoms with Gasteiger partial charge in [0.1, 0.15) is 5.75 Å². The first-order valence-corrected chi connectivity index (χ1v) is 7.25. The minimum Gasteiger partial charge on any atom is -0.493 e. The second-order valence-corrected chi connectivity index (χ2v) is 5.35.